The van der Waals surface area contributed by atoms with Crippen molar-refractivity contribution in [1.29, 1.82) is 0 Å². The lowest BCUT2D eigenvalue weighted by Crippen LogP contribution is -2.54. The summed E-state index contributed by atoms with van der Waals surface area (Å²) >= 11 is -2.56. The number of nitrogens with one attached hydrogen (secondary N) is 1. The Morgan fingerprint density at radius 3 is 2.10 bits per heavy atom. The van der Waals surface area contributed by atoms with E-state index in [-0.39, 0.29) is 0 Å². The van der Waals surface area contributed by atoms with E-state index in [2.05, 4.69) is 16.0 Å². The van der Waals surface area contributed by atoms with Crippen LogP contribution < -0.4 is 4.72 Å². The van der Waals surface area contributed by atoms with Crippen LogP contribution in [0.1, 0.15) is 27.7 Å². The number of carbonyl (C=O) groups excluding carboxylic acids is 1. The number of halogens is 3. The lowest BCUT2D eigenvalue weighted by atomic mass is 9.76. The van der Waals surface area contributed by atoms with Crippen molar-refractivity contribution < 1.29 is 31.5 Å². The van der Waals surface area contributed by atoms with E-state index in [1.54, 1.807) is 13.8 Å². The van der Waals surface area contributed by atoms with Crippen LogP contribution in [0.5, 0.6) is 0 Å². The second kappa shape index (κ2) is 6.23. The van der Waals surface area contributed by atoms with Crippen LogP contribution in [0.25, 0.3) is 0 Å². The highest BCUT2D eigenvalue weighted by Crippen LogP contribution is 2.32. The highest BCUT2D eigenvalue weighted by Gasteiger charge is 2.41. The maximum Gasteiger partial charge on any atom is 0.422 e. The normalized spacial score (nSPS) is 14.8. The van der Waals surface area contributed by atoms with Crippen LogP contribution in [-0.4, -0.2) is 33.1 Å². The van der Waals surface area contributed by atoms with Gasteiger partial charge in [-0.3, -0.25) is 4.21 Å². The van der Waals surface area contributed by atoms with Gasteiger partial charge in [0.15, 0.2) is 0 Å². The lowest BCUT2D eigenvalue weighted by molar-refractivity contribution is -0.154. The molecule has 1 unspecified atom stereocenters. The predicted octanol–water partition coefficient (Wildman–Crippen LogP) is 1.84. The monoisotopic (exact) mass is 316 g/mol. The van der Waals surface area contributed by atoms with Crippen LogP contribution in [0.4, 0.5) is 13.2 Å². The van der Waals surface area contributed by atoms with Crippen LogP contribution in [0.2, 0.25) is 0 Å². The SMILES string of the molecule is C=C(C(=O)OCC(C)(C)C(C)(C)NS(=O)[O-])C(F)(F)F. The number of hydrogen-bond donors (Lipinski definition) is 1. The summed E-state index contributed by atoms with van der Waals surface area (Å²) in [5.74, 6) is -1.58. The Labute approximate surface area is 118 Å². The molecule has 118 valence electrons. The van der Waals surface area contributed by atoms with E-state index in [1.165, 1.54) is 13.8 Å². The van der Waals surface area contributed by atoms with E-state index < -0.39 is 46.5 Å². The molecule has 0 amide bonds. The molecule has 1 atom stereocenters. The Kier molecular flexibility index (Phi) is 5.94. The smallest absolute Gasteiger partial charge is 0.422 e. The number of alkyl halides is 3. The van der Waals surface area contributed by atoms with E-state index in [9.17, 15) is 26.7 Å². The Morgan fingerprint density at radius 2 is 1.75 bits per heavy atom. The predicted molar refractivity (Wildman–Crippen MR) is 66.1 cm³/mol. The molecule has 0 heterocycles. The fraction of sp³-hybridized carbons (Fsp3) is 0.727. The van der Waals surface area contributed by atoms with Gasteiger partial charge in [-0.2, -0.15) is 13.2 Å². The second-order valence-electron chi connectivity index (χ2n) is 5.40. The summed E-state index contributed by atoms with van der Waals surface area (Å²) in [5.41, 5.74) is -3.57. The van der Waals surface area contributed by atoms with Gasteiger partial charge in [-0.15, -0.1) is 0 Å². The highest BCUT2D eigenvalue weighted by atomic mass is 32.2. The van der Waals surface area contributed by atoms with Crippen LogP contribution in [0, 0.1) is 5.41 Å². The molecule has 0 saturated carbocycles. The summed E-state index contributed by atoms with van der Waals surface area (Å²) in [6.07, 6.45) is -4.86. The molecule has 0 rings (SSSR count). The number of carbonyl (C=O) groups is 1. The Hall–Kier alpha value is -0.930. The Balaban J connectivity index is 4.76. The van der Waals surface area contributed by atoms with Crippen LogP contribution in [-0.2, 0) is 20.8 Å². The van der Waals surface area contributed by atoms with E-state index in [0.717, 1.165) is 0 Å². The third kappa shape index (κ3) is 5.22. The molecule has 0 aliphatic rings. The molecule has 0 aliphatic heterocycles. The van der Waals surface area contributed by atoms with Gasteiger partial charge < -0.3 is 9.29 Å². The van der Waals surface area contributed by atoms with Crippen molar-refractivity contribution in [2.24, 2.45) is 5.41 Å². The average Bonchev–Trinajstić information content (AvgIpc) is 2.21. The summed E-state index contributed by atoms with van der Waals surface area (Å²) in [5, 5.41) is 0. The van der Waals surface area contributed by atoms with E-state index >= 15 is 0 Å². The molecule has 0 aromatic carbocycles. The maximum atomic E-state index is 12.2. The largest absolute Gasteiger partial charge is 0.760 e. The third-order valence-electron chi connectivity index (χ3n) is 3.18. The van der Waals surface area contributed by atoms with Crippen molar-refractivity contribution in [1.82, 2.24) is 4.72 Å². The van der Waals surface area contributed by atoms with Crippen LogP contribution in [0.15, 0.2) is 12.2 Å². The minimum Gasteiger partial charge on any atom is -0.760 e. The second-order valence-corrected chi connectivity index (χ2v) is 6.07. The minimum absolute atomic E-state index is 0.405. The summed E-state index contributed by atoms with van der Waals surface area (Å²) in [6, 6.07) is 0. The van der Waals surface area contributed by atoms with Gasteiger partial charge >= 0.3 is 12.1 Å². The van der Waals surface area contributed by atoms with Gasteiger partial charge in [0.25, 0.3) is 0 Å². The molecule has 1 N–H and O–H groups in total. The molecular weight excluding hydrogens is 299 g/mol. The first kappa shape index (κ1) is 19.1. The van der Waals surface area contributed by atoms with E-state index in [1.807, 2.05) is 0 Å². The number of rotatable bonds is 6. The van der Waals surface area contributed by atoms with Gasteiger partial charge in [0, 0.05) is 22.2 Å². The quantitative estimate of drug-likeness (QED) is 0.461. The summed E-state index contributed by atoms with van der Waals surface area (Å²) in [4.78, 5) is 11.2. The number of ether oxygens (including phenoxy) is 1. The van der Waals surface area contributed by atoms with E-state index in [4.69, 9.17) is 0 Å². The Morgan fingerprint density at radius 1 is 1.30 bits per heavy atom. The van der Waals surface area contributed by atoms with Gasteiger partial charge in [-0.1, -0.05) is 20.4 Å². The summed E-state index contributed by atoms with van der Waals surface area (Å²) in [6.45, 7) is 8.37. The minimum atomic E-state index is -4.86. The summed E-state index contributed by atoms with van der Waals surface area (Å²) < 4.78 is 64.8. The Bertz CT molecular complexity index is 418. The molecule has 0 aromatic rings. The van der Waals surface area contributed by atoms with Crippen molar-refractivity contribution in [3.8, 4) is 0 Å². The molecule has 0 bridgehead atoms. The number of esters is 1. The average molecular weight is 316 g/mol. The van der Waals surface area contributed by atoms with Crippen molar-refractivity contribution in [3.05, 3.63) is 12.2 Å². The van der Waals surface area contributed by atoms with Gasteiger partial charge in [-0.25, -0.2) is 9.52 Å². The first-order valence-corrected chi connectivity index (χ1v) is 6.58. The van der Waals surface area contributed by atoms with Crippen LogP contribution in [0.3, 0.4) is 0 Å². The number of hydrogen-bond acceptors (Lipinski definition) is 4. The zero-order valence-corrected chi connectivity index (χ0v) is 12.4. The molecule has 0 spiro atoms. The van der Waals surface area contributed by atoms with Gasteiger partial charge in [0.1, 0.15) is 5.57 Å². The van der Waals surface area contributed by atoms with Gasteiger partial charge in [0.2, 0.25) is 0 Å². The standard InChI is InChI=1S/C11H18F3NO4S/c1-7(11(12,13)14)8(16)19-6-9(2,3)10(4,5)15-20(17)18/h15H,1,6H2,2-5H3,(H,17,18)/p-1. The molecule has 0 radical (unpaired) electrons. The zero-order valence-electron chi connectivity index (χ0n) is 11.6. The van der Waals surface area contributed by atoms with Gasteiger partial charge in [-0.05, 0) is 13.8 Å². The molecule has 0 fully saturated rings. The van der Waals surface area contributed by atoms with Gasteiger partial charge in [0.05, 0.1) is 6.61 Å². The lowest BCUT2D eigenvalue weighted by Gasteiger charge is -2.42. The summed E-state index contributed by atoms with van der Waals surface area (Å²) in [7, 11) is 0. The highest BCUT2D eigenvalue weighted by molar-refractivity contribution is 7.77. The molecular formula is C11H17F3NO4S-. The van der Waals surface area contributed by atoms with Crippen molar-refractivity contribution >= 4 is 17.2 Å². The zero-order chi connectivity index (χ0) is 16.4. The first-order valence-electron chi connectivity index (χ1n) is 5.51. The van der Waals surface area contributed by atoms with Crippen molar-refractivity contribution in [2.45, 2.75) is 39.4 Å². The molecule has 9 heteroatoms. The maximum absolute atomic E-state index is 12.2. The topological polar surface area (TPSA) is 78.5 Å². The van der Waals surface area contributed by atoms with Crippen molar-refractivity contribution in [2.75, 3.05) is 6.61 Å². The van der Waals surface area contributed by atoms with Crippen LogP contribution >= 0.6 is 0 Å². The molecule has 0 saturated heterocycles. The third-order valence-corrected chi connectivity index (χ3v) is 3.86. The fourth-order valence-electron chi connectivity index (χ4n) is 0.976. The fourth-order valence-corrected chi connectivity index (χ4v) is 1.67. The molecule has 0 aromatic heterocycles. The molecule has 5 nitrogen and oxygen atoms in total. The molecule has 0 aliphatic carbocycles. The first-order chi connectivity index (χ1) is 8.71. The van der Waals surface area contributed by atoms with Crippen molar-refractivity contribution in [3.63, 3.8) is 0 Å². The molecule has 20 heavy (non-hydrogen) atoms. The van der Waals surface area contributed by atoms with E-state index in [0.29, 0.717) is 0 Å².